The summed E-state index contributed by atoms with van der Waals surface area (Å²) in [6.07, 6.45) is -0.885. The molecule has 0 aliphatic heterocycles. The minimum Gasteiger partial charge on any atom is -0.299 e. The lowest BCUT2D eigenvalue weighted by atomic mass is 10.0. The van der Waals surface area contributed by atoms with Gasteiger partial charge < -0.3 is 0 Å². The molecule has 0 radical (unpaired) electrons. The van der Waals surface area contributed by atoms with Crippen LogP contribution in [0.2, 0.25) is 5.02 Å². The highest BCUT2D eigenvalue weighted by Gasteiger charge is 2.31. The van der Waals surface area contributed by atoms with Crippen LogP contribution in [0.25, 0.3) is 27.8 Å². The number of halogens is 5. The van der Waals surface area contributed by atoms with Crippen molar-refractivity contribution in [2.24, 2.45) is 0 Å². The average molecular weight is 512 g/mol. The molecule has 34 heavy (non-hydrogen) atoms. The molecule has 2 aromatic heterocycles. The lowest BCUT2D eigenvalue weighted by molar-refractivity contribution is -0.137. The van der Waals surface area contributed by atoms with Crippen molar-refractivity contribution >= 4 is 38.6 Å². The SMILES string of the molecule is CS(=O)(=O)NC(=O)c1cc(Cl)c(-n2cc(-c3cccc(C(F)(F)F)c3)c3cccnc32)cc1F. The van der Waals surface area contributed by atoms with E-state index >= 15 is 0 Å². The van der Waals surface area contributed by atoms with Crippen molar-refractivity contribution in [1.29, 1.82) is 0 Å². The second kappa shape index (κ2) is 8.41. The van der Waals surface area contributed by atoms with E-state index in [2.05, 4.69) is 4.98 Å². The Labute approximate surface area is 195 Å². The lowest BCUT2D eigenvalue weighted by Gasteiger charge is -2.11. The standard InChI is InChI=1S/C22H14ClF4N3O3S/c1-34(32,33)29-21(31)15-9-17(23)19(10-18(15)24)30-11-16(14-6-3-7-28-20(14)30)12-4-2-5-13(8-12)22(25,26)27/h2-11H,1H3,(H,29,31). The molecule has 0 unspecified atom stereocenters. The number of nitrogens with one attached hydrogen (secondary N) is 1. The van der Waals surface area contributed by atoms with Crippen LogP contribution in [0.5, 0.6) is 0 Å². The first-order valence-electron chi connectivity index (χ1n) is 9.50. The van der Waals surface area contributed by atoms with Crippen LogP contribution in [-0.4, -0.2) is 30.1 Å². The fourth-order valence-electron chi connectivity index (χ4n) is 3.45. The summed E-state index contributed by atoms with van der Waals surface area (Å²) in [7, 11) is -3.94. The highest BCUT2D eigenvalue weighted by molar-refractivity contribution is 7.89. The number of alkyl halides is 3. The van der Waals surface area contributed by atoms with E-state index in [0.717, 1.165) is 30.5 Å². The molecule has 0 saturated heterocycles. The van der Waals surface area contributed by atoms with Crippen LogP contribution in [0.3, 0.4) is 0 Å². The van der Waals surface area contributed by atoms with E-state index in [1.165, 1.54) is 29.1 Å². The van der Waals surface area contributed by atoms with Gasteiger partial charge >= 0.3 is 6.18 Å². The first-order valence-corrected chi connectivity index (χ1v) is 11.8. The van der Waals surface area contributed by atoms with E-state index in [1.807, 2.05) is 0 Å². The minimum atomic E-state index is -4.54. The zero-order chi connectivity index (χ0) is 24.8. The highest BCUT2D eigenvalue weighted by atomic mass is 35.5. The fraction of sp³-hybridized carbons (Fsp3) is 0.0909. The predicted molar refractivity (Wildman–Crippen MR) is 119 cm³/mol. The van der Waals surface area contributed by atoms with Crippen molar-refractivity contribution in [3.8, 4) is 16.8 Å². The van der Waals surface area contributed by atoms with Crippen LogP contribution in [-0.2, 0) is 16.2 Å². The number of sulfonamides is 1. The molecule has 12 heteroatoms. The van der Waals surface area contributed by atoms with Crippen LogP contribution in [0.15, 0.2) is 60.9 Å². The Morgan fingerprint density at radius 1 is 1.12 bits per heavy atom. The summed E-state index contributed by atoms with van der Waals surface area (Å²) >= 11 is 6.30. The minimum absolute atomic E-state index is 0.0528. The summed E-state index contributed by atoms with van der Waals surface area (Å²) in [5, 5.41) is 0.371. The van der Waals surface area contributed by atoms with Gasteiger partial charge in [0, 0.05) is 29.4 Å². The third kappa shape index (κ3) is 4.62. The Balaban J connectivity index is 1.88. The highest BCUT2D eigenvalue weighted by Crippen LogP contribution is 2.37. The number of aromatic nitrogens is 2. The third-order valence-electron chi connectivity index (χ3n) is 4.88. The van der Waals surface area contributed by atoms with E-state index < -0.39 is 39.1 Å². The molecule has 0 bridgehead atoms. The number of nitrogens with zero attached hydrogens (tertiary/aromatic N) is 2. The van der Waals surface area contributed by atoms with Gasteiger partial charge in [0.15, 0.2) is 0 Å². The quantitative estimate of drug-likeness (QED) is 0.382. The van der Waals surface area contributed by atoms with E-state index in [1.54, 1.807) is 16.9 Å². The molecular weight excluding hydrogens is 498 g/mol. The van der Waals surface area contributed by atoms with Gasteiger partial charge in [-0.3, -0.25) is 9.36 Å². The van der Waals surface area contributed by atoms with Crippen molar-refractivity contribution in [3.63, 3.8) is 0 Å². The molecule has 0 aliphatic rings. The van der Waals surface area contributed by atoms with E-state index in [9.17, 15) is 30.8 Å². The van der Waals surface area contributed by atoms with Gasteiger partial charge in [0.1, 0.15) is 11.5 Å². The summed E-state index contributed by atoms with van der Waals surface area (Å²) in [6, 6.07) is 9.86. The van der Waals surface area contributed by atoms with E-state index in [4.69, 9.17) is 11.6 Å². The molecule has 2 aromatic carbocycles. The maximum absolute atomic E-state index is 14.8. The van der Waals surface area contributed by atoms with Crippen LogP contribution in [0.1, 0.15) is 15.9 Å². The Bertz CT molecular complexity index is 1550. The smallest absolute Gasteiger partial charge is 0.299 e. The van der Waals surface area contributed by atoms with Crippen molar-refractivity contribution < 1.29 is 30.8 Å². The normalized spacial score (nSPS) is 12.2. The van der Waals surface area contributed by atoms with Crippen LogP contribution in [0, 0.1) is 5.82 Å². The molecule has 0 spiro atoms. The number of amides is 1. The zero-order valence-electron chi connectivity index (χ0n) is 17.2. The molecular formula is C22H14ClF4N3O3S. The largest absolute Gasteiger partial charge is 0.416 e. The van der Waals surface area contributed by atoms with Gasteiger partial charge in [-0.1, -0.05) is 23.7 Å². The average Bonchev–Trinajstić information content (AvgIpc) is 3.13. The number of benzene rings is 2. The number of pyridine rings is 1. The first kappa shape index (κ1) is 23.7. The number of rotatable bonds is 4. The molecule has 176 valence electrons. The Morgan fingerprint density at radius 2 is 1.85 bits per heavy atom. The Kier molecular flexibility index (Phi) is 5.86. The summed E-state index contributed by atoms with van der Waals surface area (Å²) in [5.74, 6) is -2.26. The summed E-state index contributed by atoms with van der Waals surface area (Å²) < 4.78 is 80.1. The number of hydrogen-bond donors (Lipinski definition) is 1. The second-order valence-electron chi connectivity index (χ2n) is 7.35. The first-order chi connectivity index (χ1) is 15.8. The predicted octanol–water partition coefficient (Wildman–Crippen LogP) is 5.19. The second-order valence-corrected chi connectivity index (χ2v) is 9.51. The van der Waals surface area contributed by atoms with E-state index in [0.29, 0.717) is 10.9 Å². The number of carbonyl (C=O) groups excluding carboxylic acids is 1. The maximum Gasteiger partial charge on any atom is 0.416 e. The molecule has 6 nitrogen and oxygen atoms in total. The summed E-state index contributed by atoms with van der Waals surface area (Å²) in [5.41, 5.74) is -0.444. The molecule has 0 saturated carbocycles. The third-order valence-corrected chi connectivity index (χ3v) is 5.74. The Hall–Kier alpha value is -3.44. The van der Waals surface area contributed by atoms with Crippen molar-refractivity contribution in [3.05, 3.63) is 82.9 Å². The molecule has 2 heterocycles. The monoisotopic (exact) mass is 511 g/mol. The number of hydrogen-bond acceptors (Lipinski definition) is 4. The van der Waals surface area contributed by atoms with Crippen LogP contribution >= 0.6 is 11.6 Å². The molecule has 1 N–H and O–H groups in total. The Morgan fingerprint density at radius 3 is 2.53 bits per heavy atom. The summed E-state index contributed by atoms with van der Waals surface area (Å²) in [6.45, 7) is 0. The summed E-state index contributed by atoms with van der Waals surface area (Å²) in [4.78, 5) is 16.3. The van der Waals surface area contributed by atoms with Gasteiger partial charge in [0.05, 0.1) is 28.1 Å². The molecule has 1 amide bonds. The number of carbonyl (C=O) groups is 1. The zero-order valence-corrected chi connectivity index (χ0v) is 18.8. The van der Waals surface area contributed by atoms with Gasteiger partial charge in [-0.2, -0.15) is 13.2 Å². The molecule has 0 aliphatic carbocycles. The van der Waals surface area contributed by atoms with Gasteiger partial charge in [-0.25, -0.2) is 22.5 Å². The molecule has 4 aromatic rings. The molecule has 4 rings (SSSR count). The van der Waals surface area contributed by atoms with Gasteiger partial charge in [0.25, 0.3) is 5.91 Å². The van der Waals surface area contributed by atoms with Crippen LogP contribution in [0.4, 0.5) is 17.6 Å². The topological polar surface area (TPSA) is 81.1 Å². The van der Waals surface area contributed by atoms with Crippen molar-refractivity contribution in [2.75, 3.05) is 6.26 Å². The molecule has 0 atom stereocenters. The van der Waals surface area contributed by atoms with Crippen molar-refractivity contribution in [1.82, 2.24) is 14.3 Å². The van der Waals surface area contributed by atoms with Gasteiger partial charge in [-0.05, 0) is 35.9 Å². The number of fused-ring (bicyclic) bond motifs is 1. The van der Waals surface area contributed by atoms with E-state index in [-0.39, 0.29) is 21.9 Å². The van der Waals surface area contributed by atoms with Crippen LogP contribution < -0.4 is 4.72 Å². The van der Waals surface area contributed by atoms with Gasteiger partial charge in [-0.15, -0.1) is 0 Å². The fourth-order valence-corrected chi connectivity index (χ4v) is 4.16. The molecule has 0 fully saturated rings. The van der Waals surface area contributed by atoms with Gasteiger partial charge in [0.2, 0.25) is 10.0 Å². The van der Waals surface area contributed by atoms with Crippen molar-refractivity contribution in [2.45, 2.75) is 6.18 Å². The maximum atomic E-state index is 14.8. The lowest BCUT2D eigenvalue weighted by Crippen LogP contribution is -2.30.